The molecule has 68 valence electrons. The summed E-state index contributed by atoms with van der Waals surface area (Å²) in [6.07, 6.45) is 0. The molecular weight excluding hydrogens is 168 g/mol. The first-order chi connectivity index (χ1) is 6.16. The lowest BCUT2D eigenvalue weighted by molar-refractivity contribution is 0.481. The molecule has 1 atom stereocenters. The lowest BCUT2D eigenvalue weighted by atomic mass is 9.82. The van der Waals surface area contributed by atoms with Crippen LogP contribution in [0, 0.1) is 5.82 Å². The maximum Gasteiger partial charge on any atom is 0.443 e. The molecule has 0 fully saturated rings. The van der Waals surface area contributed by atoms with Gasteiger partial charge in [0.05, 0.1) is 0 Å². The highest BCUT2D eigenvalue weighted by atomic mass is 19.1. The Kier molecular flexibility index (Phi) is 2.00. The van der Waals surface area contributed by atoms with Crippen molar-refractivity contribution in [3.05, 3.63) is 29.6 Å². The van der Waals surface area contributed by atoms with Gasteiger partial charge in [0.25, 0.3) is 0 Å². The van der Waals surface area contributed by atoms with Crippen molar-refractivity contribution in [3.8, 4) is 5.75 Å². The minimum Gasteiger partial charge on any atom is -0.546 e. The molecule has 0 bridgehead atoms. The van der Waals surface area contributed by atoms with Crippen LogP contribution in [0.3, 0.4) is 0 Å². The zero-order valence-corrected chi connectivity index (χ0v) is 7.67. The Balaban J connectivity index is 2.43. The summed E-state index contributed by atoms with van der Waals surface area (Å²) in [5, 5.41) is 3.17. The summed E-state index contributed by atoms with van der Waals surface area (Å²) in [7, 11) is -0.00652. The molecular formula is C9H11BFNO. The van der Waals surface area contributed by atoms with Crippen LogP contribution in [0.4, 0.5) is 4.39 Å². The molecule has 0 spiro atoms. The molecule has 1 heterocycles. The second-order valence-corrected chi connectivity index (χ2v) is 3.33. The van der Waals surface area contributed by atoms with Gasteiger partial charge in [-0.15, -0.1) is 0 Å². The number of halogens is 1. The zero-order chi connectivity index (χ0) is 9.42. The fraction of sp³-hybridized carbons (Fsp3) is 0.333. The minimum absolute atomic E-state index is 0.00652. The fourth-order valence-corrected chi connectivity index (χ4v) is 1.63. The van der Waals surface area contributed by atoms with E-state index in [0.29, 0.717) is 0 Å². The number of hydrogen-bond acceptors (Lipinski definition) is 2. The predicted octanol–water partition coefficient (Wildman–Crippen LogP) is 1.99. The van der Waals surface area contributed by atoms with E-state index in [-0.39, 0.29) is 18.9 Å². The van der Waals surface area contributed by atoms with Crippen LogP contribution >= 0.6 is 0 Å². The van der Waals surface area contributed by atoms with Crippen molar-refractivity contribution < 1.29 is 9.04 Å². The molecule has 0 saturated carbocycles. The summed E-state index contributed by atoms with van der Waals surface area (Å²) in [6, 6.07) is 4.76. The van der Waals surface area contributed by atoms with E-state index >= 15 is 0 Å². The van der Waals surface area contributed by atoms with Crippen molar-refractivity contribution in [1.82, 2.24) is 5.23 Å². The van der Waals surface area contributed by atoms with Gasteiger partial charge in [0.15, 0.2) is 0 Å². The first-order valence-corrected chi connectivity index (χ1v) is 4.39. The molecule has 4 heteroatoms. The molecule has 13 heavy (non-hydrogen) atoms. The highest BCUT2D eigenvalue weighted by molar-refractivity contribution is 6.48. The topological polar surface area (TPSA) is 21.3 Å². The van der Waals surface area contributed by atoms with Crippen LogP contribution < -0.4 is 9.88 Å². The van der Waals surface area contributed by atoms with Crippen molar-refractivity contribution in [3.63, 3.8) is 0 Å². The van der Waals surface area contributed by atoms with Crippen molar-refractivity contribution in [2.45, 2.75) is 19.8 Å². The molecule has 1 unspecified atom stereocenters. The molecule has 1 N–H and O–H groups in total. The van der Waals surface area contributed by atoms with Gasteiger partial charge in [-0.1, -0.05) is 0 Å². The van der Waals surface area contributed by atoms with E-state index in [1.54, 1.807) is 6.07 Å². The Morgan fingerprint density at radius 2 is 2.31 bits per heavy atom. The van der Waals surface area contributed by atoms with Crippen LogP contribution in [0.2, 0.25) is 6.82 Å². The first kappa shape index (κ1) is 8.57. The molecule has 2 rings (SSSR count). The third-order valence-corrected chi connectivity index (χ3v) is 2.23. The van der Waals surface area contributed by atoms with E-state index < -0.39 is 0 Å². The lowest BCUT2D eigenvalue weighted by Gasteiger charge is -2.27. The SMILES string of the molecule is CB1NC(C)c2cc(F)ccc2O1. The van der Waals surface area contributed by atoms with Gasteiger partial charge in [-0.3, -0.25) is 0 Å². The van der Waals surface area contributed by atoms with E-state index in [2.05, 4.69) is 5.23 Å². The van der Waals surface area contributed by atoms with Gasteiger partial charge < -0.3 is 9.88 Å². The van der Waals surface area contributed by atoms with E-state index in [4.69, 9.17) is 4.65 Å². The maximum absolute atomic E-state index is 12.9. The maximum atomic E-state index is 12.9. The van der Waals surface area contributed by atoms with Gasteiger partial charge in [-0.25, -0.2) is 4.39 Å². The third-order valence-electron chi connectivity index (χ3n) is 2.23. The normalized spacial score (nSPS) is 20.8. The van der Waals surface area contributed by atoms with Crippen molar-refractivity contribution >= 4 is 7.05 Å². The van der Waals surface area contributed by atoms with Gasteiger partial charge in [-0.2, -0.15) is 0 Å². The zero-order valence-electron chi connectivity index (χ0n) is 7.67. The lowest BCUT2D eigenvalue weighted by Crippen LogP contribution is -2.42. The van der Waals surface area contributed by atoms with E-state index in [1.807, 2.05) is 13.7 Å². The summed E-state index contributed by atoms with van der Waals surface area (Å²) >= 11 is 0. The molecule has 1 aliphatic heterocycles. The molecule has 1 aliphatic rings. The molecule has 0 aliphatic carbocycles. The second kappa shape index (κ2) is 3.03. The molecule has 0 aromatic heterocycles. The first-order valence-electron chi connectivity index (χ1n) is 4.39. The average Bonchev–Trinajstić information content (AvgIpc) is 2.06. The summed E-state index contributed by atoms with van der Waals surface area (Å²) in [5.74, 6) is 0.561. The van der Waals surface area contributed by atoms with Crippen molar-refractivity contribution in [2.24, 2.45) is 0 Å². The summed E-state index contributed by atoms with van der Waals surface area (Å²) < 4.78 is 18.4. The number of nitrogens with one attached hydrogen (secondary N) is 1. The van der Waals surface area contributed by atoms with Crippen molar-refractivity contribution in [2.75, 3.05) is 0 Å². The van der Waals surface area contributed by atoms with Crippen LogP contribution in [-0.2, 0) is 0 Å². The minimum atomic E-state index is -0.217. The molecule has 0 saturated heterocycles. The smallest absolute Gasteiger partial charge is 0.443 e. The fourth-order valence-electron chi connectivity index (χ4n) is 1.63. The number of hydrogen-bond donors (Lipinski definition) is 1. The molecule has 0 radical (unpaired) electrons. The number of rotatable bonds is 0. The molecule has 1 aromatic carbocycles. The summed E-state index contributed by atoms with van der Waals surface area (Å²) in [6.45, 7) is 3.93. The van der Waals surface area contributed by atoms with Crippen LogP contribution in [0.1, 0.15) is 18.5 Å². The number of fused-ring (bicyclic) bond motifs is 1. The van der Waals surface area contributed by atoms with Crippen LogP contribution in [-0.4, -0.2) is 7.05 Å². The summed E-state index contributed by atoms with van der Waals surface area (Å²) in [5.41, 5.74) is 0.887. The Hall–Kier alpha value is -1.03. The van der Waals surface area contributed by atoms with Crippen LogP contribution in [0.15, 0.2) is 18.2 Å². The van der Waals surface area contributed by atoms with Gasteiger partial charge in [0.1, 0.15) is 11.6 Å². The van der Waals surface area contributed by atoms with E-state index in [1.165, 1.54) is 12.1 Å². The Bertz CT molecular complexity index is 331. The van der Waals surface area contributed by atoms with Gasteiger partial charge >= 0.3 is 7.05 Å². The van der Waals surface area contributed by atoms with Crippen LogP contribution in [0.25, 0.3) is 0 Å². The summed E-state index contributed by atoms with van der Waals surface area (Å²) in [4.78, 5) is 0. The Morgan fingerprint density at radius 3 is 3.08 bits per heavy atom. The van der Waals surface area contributed by atoms with Gasteiger partial charge in [0.2, 0.25) is 0 Å². The van der Waals surface area contributed by atoms with Crippen LogP contribution in [0.5, 0.6) is 5.75 Å². The predicted molar refractivity (Wildman–Crippen MR) is 50.2 cm³/mol. The van der Waals surface area contributed by atoms with E-state index in [0.717, 1.165) is 11.3 Å². The second-order valence-electron chi connectivity index (χ2n) is 3.33. The van der Waals surface area contributed by atoms with E-state index in [9.17, 15) is 4.39 Å². The molecule has 2 nitrogen and oxygen atoms in total. The monoisotopic (exact) mass is 179 g/mol. The van der Waals surface area contributed by atoms with Gasteiger partial charge in [-0.05, 0) is 31.9 Å². The quantitative estimate of drug-likeness (QED) is 0.614. The molecule has 1 aromatic rings. The highest BCUT2D eigenvalue weighted by Gasteiger charge is 2.25. The number of benzene rings is 1. The van der Waals surface area contributed by atoms with Gasteiger partial charge in [0, 0.05) is 11.6 Å². The molecule has 0 amide bonds. The average molecular weight is 179 g/mol. The standard InChI is InChI=1S/C9H11BFNO/c1-6-8-5-7(11)3-4-9(8)13-10(2)12-6/h3-6,12H,1-2H3. The largest absolute Gasteiger partial charge is 0.546 e. The highest BCUT2D eigenvalue weighted by Crippen LogP contribution is 2.29. The third kappa shape index (κ3) is 1.54. The Labute approximate surface area is 77.2 Å². The Morgan fingerprint density at radius 1 is 1.54 bits per heavy atom. The van der Waals surface area contributed by atoms with Crippen molar-refractivity contribution in [1.29, 1.82) is 0 Å².